The summed E-state index contributed by atoms with van der Waals surface area (Å²) >= 11 is 0. The van der Waals surface area contributed by atoms with Gasteiger partial charge < -0.3 is 16.9 Å². The van der Waals surface area contributed by atoms with Gasteiger partial charge in [-0.3, -0.25) is 15.8 Å². The van der Waals surface area contributed by atoms with Crippen LogP contribution in [0, 0.1) is 10.8 Å². The summed E-state index contributed by atoms with van der Waals surface area (Å²) in [7, 11) is 0. The van der Waals surface area contributed by atoms with Crippen LogP contribution in [0.15, 0.2) is 67.0 Å². The number of hydrogen-bond acceptors (Lipinski definition) is 4. The van der Waals surface area contributed by atoms with Crippen LogP contribution in [0.2, 0.25) is 0 Å². The van der Waals surface area contributed by atoms with Crippen molar-refractivity contribution >= 4 is 35.3 Å². The molecule has 0 spiro atoms. The second-order valence-electron chi connectivity index (χ2n) is 5.37. The number of anilines is 1. The molecule has 7 N–H and O–H groups in total. The van der Waals surface area contributed by atoms with Crippen molar-refractivity contribution < 1.29 is 0 Å². The number of nitrogens with one attached hydrogen (secondary N) is 3. The first-order valence-corrected chi connectivity index (χ1v) is 7.37. The Hall–Kier alpha value is -3.25. The van der Waals surface area contributed by atoms with Gasteiger partial charge in [-0.1, -0.05) is 24.3 Å². The lowest BCUT2D eigenvalue weighted by atomic mass is 10.0. The van der Waals surface area contributed by atoms with Crippen LogP contribution in [-0.4, -0.2) is 11.7 Å². The molecule has 0 aromatic heterocycles. The van der Waals surface area contributed by atoms with Gasteiger partial charge in [-0.25, -0.2) is 0 Å². The van der Waals surface area contributed by atoms with Crippen LogP contribution < -0.4 is 21.9 Å². The van der Waals surface area contributed by atoms with Crippen LogP contribution in [0.1, 0.15) is 16.7 Å². The lowest BCUT2D eigenvalue weighted by molar-refractivity contribution is 0.871. The van der Waals surface area contributed by atoms with E-state index in [1.807, 2.05) is 72.0 Å². The van der Waals surface area contributed by atoms with E-state index in [0.717, 1.165) is 16.8 Å². The van der Waals surface area contributed by atoms with E-state index in [1.165, 1.54) is 0 Å². The Bertz CT molecular complexity index is 837. The summed E-state index contributed by atoms with van der Waals surface area (Å²) in [5.74, 6) is 0.118. The fraction of sp³-hybridized carbons (Fsp3) is 0. The molecule has 1 aliphatic heterocycles. The van der Waals surface area contributed by atoms with Crippen molar-refractivity contribution in [2.24, 2.45) is 11.5 Å². The Morgan fingerprint density at radius 1 is 0.840 bits per heavy atom. The summed E-state index contributed by atoms with van der Waals surface area (Å²) in [6, 6.07) is 15.0. The van der Waals surface area contributed by atoms with Gasteiger partial charge in [0.25, 0.3) is 0 Å². The van der Waals surface area contributed by atoms with E-state index < -0.39 is 0 Å². The zero-order chi connectivity index (χ0) is 17.1. The summed E-state index contributed by atoms with van der Waals surface area (Å²) < 4.78 is 0. The molecule has 1 heterocycles. The number of hydrazine groups is 1. The van der Waals surface area contributed by atoms with Crippen molar-refractivity contribution in [1.82, 2.24) is 5.43 Å². The minimum absolute atomic E-state index is 0. The quantitative estimate of drug-likeness (QED) is 0.428. The molecule has 6 nitrogen and oxygen atoms in total. The van der Waals surface area contributed by atoms with Crippen molar-refractivity contribution in [3.8, 4) is 0 Å². The second-order valence-corrected chi connectivity index (χ2v) is 5.37. The smallest absolute Gasteiger partial charge is 0.122 e. The van der Waals surface area contributed by atoms with Gasteiger partial charge in [0.1, 0.15) is 11.7 Å². The molecule has 2 aromatic rings. The van der Waals surface area contributed by atoms with Crippen molar-refractivity contribution in [2.75, 3.05) is 5.01 Å². The van der Waals surface area contributed by atoms with Crippen molar-refractivity contribution in [1.29, 1.82) is 10.8 Å². The molecule has 128 valence electrons. The predicted molar refractivity (Wildman–Crippen MR) is 105 cm³/mol. The van der Waals surface area contributed by atoms with Crippen LogP contribution in [0.5, 0.6) is 0 Å². The monoisotopic (exact) mass is 354 g/mol. The molecule has 0 radical (unpaired) electrons. The standard InChI is InChI=1S/C18H18N6.ClH/c19-17(20)13-3-1-12(2-4-13)15-9-10-24(23-11-15)16-7-5-14(6-8-16)18(21)22;/h1-11,23H,(H3,19,20)(H3,21,22);1H. The molecule has 0 amide bonds. The number of allylic oxidation sites excluding steroid dienone is 2. The Labute approximate surface area is 152 Å². The van der Waals surface area contributed by atoms with Gasteiger partial charge in [0.2, 0.25) is 0 Å². The summed E-state index contributed by atoms with van der Waals surface area (Å²) in [6.07, 6.45) is 5.83. The first kappa shape index (κ1) is 18.1. The third kappa shape index (κ3) is 3.99. The second kappa shape index (κ2) is 7.55. The fourth-order valence-electron chi connectivity index (χ4n) is 2.37. The highest BCUT2D eigenvalue weighted by atomic mass is 35.5. The molecule has 7 heteroatoms. The molecule has 3 rings (SSSR count). The topological polar surface area (TPSA) is 115 Å². The minimum Gasteiger partial charge on any atom is -0.384 e. The number of nitrogen functional groups attached to an aromatic ring is 2. The van der Waals surface area contributed by atoms with Gasteiger partial charge in [-0.2, -0.15) is 0 Å². The maximum atomic E-state index is 7.42. The fourth-order valence-corrected chi connectivity index (χ4v) is 2.37. The summed E-state index contributed by atoms with van der Waals surface area (Å²) in [4.78, 5) is 0. The van der Waals surface area contributed by atoms with Crippen molar-refractivity contribution in [3.63, 3.8) is 0 Å². The van der Waals surface area contributed by atoms with Gasteiger partial charge in [0.15, 0.2) is 0 Å². The maximum Gasteiger partial charge on any atom is 0.122 e. The summed E-state index contributed by atoms with van der Waals surface area (Å²) in [5.41, 5.74) is 18.5. The van der Waals surface area contributed by atoms with Crippen LogP contribution in [0.3, 0.4) is 0 Å². The van der Waals surface area contributed by atoms with Gasteiger partial charge in [-0.05, 0) is 35.9 Å². The Kier molecular flexibility index (Phi) is 5.46. The van der Waals surface area contributed by atoms with E-state index in [9.17, 15) is 0 Å². The molecule has 0 saturated heterocycles. The predicted octanol–water partition coefficient (Wildman–Crippen LogP) is 2.56. The number of rotatable bonds is 4. The highest BCUT2D eigenvalue weighted by molar-refractivity contribution is 5.96. The summed E-state index contributed by atoms with van der Waals surface area (Å²) in [6.45, 7) is 0. The highest BCUT2D eigenvalue weighted by Gasteiger charge is 2.08. The lowest BCUT2D eigenvalue weighted by Crippen LogP contribution is -2.31. The van der Waals surface area contributed by atoms with E-state index in [0.29, 0.717) is 11.1 Å². The zero-order valence-electron chi connectivity index (χ0n) is 13.4. The largest absolute Gasteiger partial charge is 0.384 e. The van der Waals surface area contributed by atoms with Gasteiger partial charge in [0.05, 0.1) is 5.69 Å². The van der Waals surface area contributed by atoms with Gasteiger partial charge in [-0.15, -0.1) is 12.4 Å². The number of hydrogen-bond donors (Lipinski definition) is 5. The Morgan fingerprint density at radius 3 is 1.80 bits per heavy atom. The van der Waals surface area contributed by atoms with Crippen molar-refractivity contribution in [3.05, 3.63) is 83.7 Å². The third-order valence-corrected chi connectivity index (χ3v) is 3.75. The first-order chi connectivity index (χ1) is 11.5. The van der Waals surface area contributed by atoms with E-state index in [4.69, 9.17) is 22.3 Å². The molecule has 0 saturated carbocycles. The number of amidine groups is 2. The molecular formula is C18H19ClN6. The Balaban J connectivity index is 0.00000225. The van der Waals surface area contributed by atoms with Gasteiger partial charge >= 0.3 is 0 Å². The van der Waals surface area contributed by atoms with E-state index in [2.05, 4.69) is 5.43 Å². The summed E-state index contributed by atoms with van der Waals surface area (Å²) in [5, 5.41) is 16.7. The third-order valence-electron chi connectivity index (χ3n) is 3.75. The molecule has 1 aliphatic rings. The number of halogens is 1. The molecular weight excluding hydrogens is 336 g/mol. The van der Waals surface area contributed by atoms with E-state index >= 15 is 0 Å². The molecule has 0 unspecified atom stereocenters. The van der Waals surface area contributed by atoms with Crippen LogP contribution in [0.4, 0.5) is 5.69 Å². The van der Waals surface area contributed by atoms with Gasteiger partial charge in [0, 0.05) is 29.1 Å². The highest BCUT2D eigenvalue weighted by Crippen LogP contribution is 2.22. The van der Waals surface area contributed by atoms with E-state index in [-0.39, 0.29) is 24.1 Å². The molecule has 0 atom stereocenters. The minimum atomic E-state index is 0. The number of nitrogens with zero attached hydrogens (tertiary/aromatic N) is 1. The van der Waals surface area contributed by atoms with Crippen LogP contribution in [0.25, 0.3) is 5.57 Å². The Morgan fingerprint density at radius 2 is 1.36 bits per heavy atom. The van der Waals surface area contributed by atoms with Crippen LogP contribution >= 0.6 is 12.4 Å². The molecule has 0 fully saturated rings. The molecule has 0 aliphatic carbocycles. The average Bonchev–Trinajstić information content (AvgIpc) is 2.62. The number of nitrogens with two attached hydrogens (primary N) is 2. The van der Waals surface area contributed by atoms with E-state index in [1.54, 1.807) is 0 Å². The van der Waals surface area contributed by atoms with Crippen LogP contribution in [-0.2, 0) is 0 Å². The number of benzene rings is 2. The lowest BCUT2D eigenvalue weighted by Gasteiger charge is -2.24. The zero-order valence-corrected chi connectivity index (χ0v) is 14.2. The maximum absolute atomic E-state index is 7.42. The van der Waals surface area contributed by atoms with Crippen molar-refractivity contribution in [2.45, 2.75) is 0 Å². The molecule has 0 bridgehead atoms. The average molecular weight is 355 g/mol. The normalized spacial score (nSPS) is 12.6. The SMILES string of the molecule is Cl.N=C(N)c1ccc(C2=CNN(c3ccc(C(=N)N)cc3)C=C2)cc1. The molecule has 25 heavy (non-hydrogen) atoms. The first-order valence-electron chi connectivity index (χ1n) is 7.37. The molecule has 2 aromatic carbocycles.